The van der Waals surface area contributed by atoms with Crippen molar-refractivity contribution in [1.82, 2.24) is 20.2 Å². The third-order valence-electron chi connectivity index (χ3n) is 3.80. The molecule has 2 heterocycles. The van der Waals surface area contributed by atoms with Crippen molar-refractivity contribution in [3.8, 4) is 0 Å². The molecule has 23 heavy (non-hydrogen) atoms. The molecule has 0 aliphatic carbocycles. The summed E-state index contributed by atoms with van der Waals surface area (Å²) in [6.07, 6.45) is 0.925. The van der Waals surface area contributed by atoms with Crippen molar-refractivity contribution in [3.05, 3.63) is 27.4 Å². The SMILES string of the molecule is CCOC(=O)N1CCC(NC(=O)c2c(C)nc(C)[nH]c2=O)CC1. The Hall–Kier alpha value is -2.38. The zero-order chi connectivity index (χ0) is 17.0. The molecule has 1 aromatic rings. The van der Waals surface area contributed by atoms with E-state index in [1.807, 2.05) is 0 Å². The number of ether oxygens (including phenoxy) is 1. The van der Waals surface area contributed by atoms with Gasteiger partial charge in [-0.25, -0.2) is 9.78 Å². The third kappa shape index (κ3) is 4.08. The van der Waals surface area contributed by atoms with Crippen LogP contribution < -0.4 is 10.9 Å². The summed E-state index contributed by atoms with van der Waals surface area (Å²) in [5.41, 5.74) is 0.0209. The van der Waals surface area contributed by atoms with Crippen LogP contribution in [0.5, 0.6) is 0 Å². The number of carbonyl (C=O) groups excluding carboxylic acids is 2. The predicted octanol–water partition coefficient (Wildman–Crippen LogP) is 0.737. The van der Waals surface area contributed by atoms with Crippen LogP contribution in [-0.2, 0) is 4.74 Å². The molecule has 1 aliphatic heterocycles. The summed E-state index contributed by atoms with van der Waals surface area (Å²) in [6.45, 7) is 6.45. The highest BCUT2D eigenvalue weighted by Crippen LogP contribution is 2.12. The van der Waals surface area contributed by atoms with E-state index in [0.717, 1.165) is 0 Å². The Labute approximate surface area is 134 Å². The largest absolute Gasteiger partial charge is 0.450 e. The molecule has 1 fully saturated rings. The number of aromatic nitrogens is 2. The molecule has 2 rings (SSSR count). The predicted molar refractivity (Wildman–Crippen MR) is 83.4 cm³/mol. The third-order valence-corrected chi connectivity index (χ3v) is 3.80. The summed E-state index contributed by atoms with van der Waals surface area (Å²) in [7, 11) is 0. The van der Waals surface area contributed by atoms with E-state index in [0.29, 0.717) is 44.1 Å². The van der Waals surface area contributed by atoms with Gasteiger partial charge in [0.1, 0.15) is 11.4 Å². The Morgan fingerprint density at radius 3 is 2.57 bits per heavy atom. The van der Waals surface area contributed by atoms with Gasteiger partial charge in [-0.05, 0) is 33.6 Å². The van der Waals surface area contributed by atoms with Crippen molar-refractivity contribution in [1.29, 1.82) is 0 Å². The molecule has 0 spiro atoms. The second-order valence-electron chi connectivity index (χ2n) is 5.55. The van der Waals surface area contributed by atoms with Crippen molar-refractivity contribution in [2.24, 2.45) is 0 Å². The Bertz CT molecular complexity index is 647. The first kappa shape index (κ1) is 17.0. The summed E-state index contributed by atoms with van der Waals surface area (Å²) in [6, 6.07) is -0.0757. The van der Waals surface area contributed by atoms with E-state index in [1.165, 1.54) is 0 Å². The minimum atomic E-state index is -0.434. The maximum absolute atomic E-state index is 12.3. The number of nitrogens with one attached hydrogen (secondary N) is 2. The normalized spacial score (nSPS) is 15.3. The lowest BCUT2D eigenvalue weighted by atomic mass is 10.0. The first-order valence-electron chi connectivity index (χ1n) is 7.72. The van der Waals surface area contributed by atoms with Crippen LogP contribution in [0.3, 0.4) is 0 Å². The fourth-order valence-electron chi connectivity index (χ4n) is 2.67. The lowest BCUT2D eigenvalue weighted by Gasteiger charge is -2.31. The van der Waals surface area contributed by atoms with Gasteiger partial charge in [-0.2, -0.15) is 0 Å². The van der Waals surface area contributed by atoms with Gasteiger partial charge in [0.05, 0.1) is 12.3 Å². The van der Waals surface area contributed by atoms with Crippen molar-refractivity contribution >= 4 is 12.0 Å². The summed E-state index contributed by atoms with van der Waals surface area (Å²) < 4.78 is 4.96. The number of hydrogen-bond acceptors (Lipinski definition) is 5. The van der Waals surface area contributed by atoms with Crippen LogP contribution in [0, 0.1) is 13.8 Å². The van der Waals surface area contributed by atoms with E-state index in [4.69, 9.17) is 4.74 Å². The van der Waals surface area contributed by atoms with E-state index in [9.17, 15) is 14.4 Å². The number of piperidine rings is 1. The Balaban J connectivity index is 1.96. The summed E-state index contributed by atoms with van der Waals surface area (Å²) in [5, 5.41) is 2.85. The van der Waals surface area contributed by atoms with Crippen LogP contribution >= 0.6 is 0 Å². The second kappa shape index (κ2) is 7.26. The molecule has 0 saturated carbocycles. The molecule has 126 valence electrons. The Morgan fingerprint density at radius 1 is 1.35 bits per heavy atom. The van der Waals surface area contributed by atoms with Crippen molar-refractivity contribution in [2.45, 2.75) is 39.7 Å². The molecule has 0 aromatic carbocycles. The number of aryl methyl sites for hydroxylation is 2. The standard InChI is InChI=1S/C15H22N4O4/c1-4-23-15(22)19-7-5-11(6-8-19)18-14(21)12-9(2)16-10(3)17-13(12)20/h11H,4-8H2,1-3H3,(H,18,21)(H,16,17,20). The average molecular weight is 322 g/mol. The number of hydrogen-bond donors (Lipinski definition) is 2. The van der Waals surface area contributed by atoms with Crippen molar-refractivity contribution in [3.63, 3.8) is 0 Å². The maximum Gasteiger partial charge on any atom is 0.409 e. The first-order chi connectivity index (χ1) is 10.9. The molecule has 2 amide bonds. The van der Waals surface area contributed by atoms with E-state index in [2.05, 4.69) is 15.3 Å². The van der Waals surface area contributed by atoms with Crippen LogP contribution in [0.2, 0.25) is 0 Å². The van der Waals surface area contributed by atoms with Crippen molar-refractivity contribution < 1.29 is 14.3 Å². The molecule has 0 unspecified atom stereocenters. The minimum absolute atomic E-state index is 0.0448. The van der Waals surface area contributed by atoms with Gasteiger partial charge in [-0.1, -0.05) is 0 Å². The molecule has 2 N–H and O–H groups in total. The number of aromatic amines is 1. The average Bonchev–Trinajstić information content (AvgIpc) is 2.47. The summed E-state index contributed by atoms with van der Waals surface area (Å²) in [4.78, 5) is 44.1. The smallest absolute Gasteiger partial charge is 0.409 e. The number of H-pyrrole nitrogens is 1. The molecule has 1 aliphatic rings. The van der Waals surface area contributed by atoms with E-state index in [1.54, 1.807) is 25.7 Å². The quantitative estimate of drug-likeness (QED) is 0.854. The monoisotopic (exact) mass is 322 g/mol. The molecule has 0 atom stereocenters. The molecule has 8 heteroatoms. The van der Waals surface area contributed by atoms with Gasteiger partial charge in [-0.3, -0.25) is 9.59 Å². The zero-order valence-electron chi connectivity index (χ0n) is 13.6. The fraction of sp³-hybridized carbons (Fsp3) is 0.600. The van der Waals surface area contributed by atoms with Gasteiger partial charge in [0, 0.05) is 19.1 Å². The molecular weight excluding hydrogens is 300 g/mol. The van der Waals surface area contributed by atoms with E-state index in [-0.39, 0.29) is 17.7 Å². The van der Waals surface area contributed by atoms with Crippen LogP contribution in [0.4, 0.5) is 4.79 Å². The zero-order valence-corrected chi connectivity index (χ0v) is 13.6. The highest BCUT2D eigenvalue weighted by molar-refractivity contribution is 5.95. The highest BCUT2D eigenvalue weighted by atomic mass is 16.6. The lowest BCUT2D eigenvalue weighted by molar-refractivity contribution is 0.0858. The van der Waals surface area contributed by atoms with Crippen molar-refractivity contribution in [2.75, 3.05) is 19.7 Å². The minimum Gasteiger partial charge on any atom is -0.450 e. The van der Waals surface area contributed by atoms with Gasteiger partial charge in [0.2, 0.25) is 0 Å². The van der Waals surface area contributed by atoms with Crippen LogP contribution in [0.1, 0.15) is 41.6 Å². The molecule has 1 saturated heterocycles. The molecule has 0 bridgehead atoms. The van der Waals surface area contributed by atoms with Gasteiger partial charge >= 0.3 is 6.09 Å². The van der Waals surface area contributed by atoms with Gasteiger partial charge in [0.15, 0.2) is 0 Å². The van der Waals surface area contributed by atoms with Gasteiger partial charge in [-0.15, -0.1) is 0 Å². The van der Waals surface area contributed by atoms with Crippen LogP contribution in [0.15, 0.2) is 4.79 Å². The maximum atomic E-state index is 12.3. The topological polar surface area (TPSA) is 104 Å². The number of carbonyl (C=O) groups is 2. The molecule has 8 nitrogen and oxygen atoms in total. The fourth-order valence-corrected chi connectivity index (χ4v) is 2.67. The molecular formula is C15H22N4O4. The van der Waals surface area contributed by atoms with Gasteiger partial charge in [0.25, 0.3) is 11.5 Å². The Kier molecular flexibility index (Phi) is 5.36. The highest BCUT2D eigenvalue weighted by Gasteiger charge is 2.26. The summed E-state index contributed by atoms with van der Waals surface area (Å²) in [5.74, 6) is 0.0534. The van der Waals surface area contributed by atoms with Crippen LogP contribution in [-0.4, -0.2) is 52.6 Å². The van der Waals surface area contributed by atoms with E-state index >= 15 is 0 Å². The molecule has 0 radical (unpaired) electrons. The second-order valence-corrected chi connectivity index (χ2v) is 5.55. The van der Waals surface area contributed by atoms with Gasteiger partial charge < -0.3 is 19.9 Å². The Morgan fingerprint density at radius 2 is 2.00 bits per heavy atom. The number of amides is 2. The van der Waals surface area contributed by atoms with E-state index < -0.39 is 11.5 Å². The lowest BCUT2D eigenvalue weighted by Crippen LogP contribution is -2.47. The summed E-state index contributed by atoms with van der Waals surface area (Å²) >= 11 is 0. The van der Waals surface area contributed by atoms with Crippen LogP contribution in [0.25, 0.3) is 0 Å². The number of likely N-dealkylation sites (tertiary alicyclic amines) is 1. The number of nitrogens with zero attached hydrogens (tertiary/aromatic N) is 2. The number of rotatable bonds is 3. The molecule has 1 aromatic heterocycles. The first-order valence-corrected chi connectivity index (χ1v) is 7.72.